The Hall–Kier alpha value is -1.39. The van der Waals surface area contributed by atoms with Crippen LogP contribution in [0.2, 0.25) is 0 Å². The minimum atomic E-state index is -4.04. The number of benzene rings is 1. The van der Waals surface area contributed by atoms with Crippen LogP contribution in [-0.2, 0) is 0 Å². The molecule has 1 N–H and O–H groups in total. The fraction of sp³-hybridized carbons (Fsp3) is 0.600. The van der Waals surface area contributed by atoms with Crippen LogP contribution in [0.1, 0.15) is 32.6 Å². The molecule has 0 aliphatic heterocycles. The van der Waals surface area contributed by atoms with Crippen molar-refractivity contribution in [3.8, 4) is 5.75 Å². The van der Waals surface area contributed by atoms with Crippen molar-refractivity contribution >= 4 is 5.69 Å². The summed E-state index contributed by atoms with van der Waals surface area (Å²) in [6.45, 7) is 2.54. The summed E-state index contributed by atoms with van der Waals surface area (Å²) in [5.41, 5.74) is 0.934. The van der Waals surface area contributed by atoms with Gasteiger partial charge in [0.15, 0.2) is 0 Å². The largest absolute Gasteiger partial charge is 0.494 e. The van der Waals surface area contributed by atoms with Gasteiger partial charge in [0.25, 0.3) is 0 Å². The van der Waals surface area contributed by atoms with Crippen LogP contribution in [0.3, 0.4) is 0 Å². The number of halogens is 3. The molecule has 1 aromatic carbocycles. The van der Waals surface area contributed by atoms with Gasteiger partial charge >= 0.3 is 6.18 Å². The predicted octanol–water partition coefficient (Wildman–Crippen LogP) is 4.62. The zero-order valence-electron chi connectivity index (χ0n) is 11.5. The average Bonchev–Trinajstić information content (AvgIpc) is 2.41. The zero-order valence-corrected chi connectivity index (χ0v) is 11.5. The van der Waals surface area contributed by atoms with E-state index >= 15 is 0 Å². The molecule has 2 nitrogen and oxygen atoms in total. The van der Waals surface area contributed by atoms with Crippen LogP contribution in [-0.4, -0.2) is 18.8 Å². The zero-order chi connectivity index (χ0) is 14.6. The molecule has 0 heterocycles. The maximum atomic E-state index is 12.6. The number of ether oxygens (including phenoxy) is 1. The Bertz CT molecular complexity index is 408. The van der Waals surface area contributed by atoms with Crippen molar-refractivity contribution in [2.24, 2.45) is 5.92 Å². The Labute approximate surface area is 117 Å². The topological polar surface area (TPSA) is 21.3 Å². The van der Waals surface area contributed by atoms with Gasteiger partial charge in [-0.25, -0.2) is 0 Å². The molecule has 0 radical (unpaired) electrons. The van der Waals surface area contributed by atoms with Gasteiger partial charge in [0.05, 0.1) is 12.5 Å². The third kappa shape index (κ3) is 4.05. The highest BCUT2D eigenvalue weighted by molar-refractivity contribution is 5.47. The Morgan fingerprint density at radius 1 is 1.10 bits per heavy atom. The lowest BCUT2D eigenvalue weighted by Crippen LogP contribution is -2.32. The van der Waals surface area contributed by atoms with E-state index in [-0.39, 0.29) is 18.9 Å². The van der Waals surface area contributed by atoms with Crippen LogP contribution in [0.4, 0.5) is 18.9 Å². The molecule has 1 fully saturated rings. The van der Waals surface area contributed by atoms with E-state index in [0.29, 0.717) is 19.4 Å². The first-order valence-electron chi connectivity index (χ1n) is 7.05. The van der Waals surface area contributed by atoms with Gasteiger partial charge in [-0.2, -0.15) is 13.2 Å². The molecule has 1 aliphatic rings. The molecule has 0 amide bonds. The second kappa shape index (κ2) is 6.37. The first-order valence-corrected chi connectivity index (χ1v) is 7.05. The van der Waals surface area contributed by atoms with E-state index in [1.54, 1.807) is 0 Å². The molecule has 1 saturated carbocycles. The van der Waals surface area contributed by atoms with Gasteiger partial charge in [0, 0.05) is 11.7 Å². The Morgan fingerprint density at radius 3 is 2.20 bits per heavy atom. The summed E-state index contributed by atoms with van der Waals surface area (Å²) < 4.78 is 43.1. The summed E-state index contributed by atoms with van der Waals surface area (Å²) in [7, 11) is 0. The second-order valence-corrected chi connectivity index (χ2v) is 5.19. The van der Waals surface area contributed by atoms with Crippen LogP contribution >= 0.6 is 0 Å². The van der Waals surface area contributed by atoms with Crippen molar-refractivity contribution in [3.63, 3.8) is 0 Å². The molecule has 0 aromatic heterocycles. The van der Waals surface area contributed by atoms with Gasteiger partial charge in [0.2, 0.25) is 0 Å². The van der Waals surface area contributed by atoms with Gasteiger partial charge in [-0.3, -0.25) is 0 Å². The fourth-order valence-electron chi connectivity index (χ4n) is 2.61. The Kier molecular flexibility index (Phi) is 4.78. The van der Waals surface area contributed by atoms with Crippen molar-refractivity contribution < 1.29 is 17.9 Å². The molecule has 1 aliphatic carbocycles. The summed E-state index contributed by atoms with van der Waals surface area (Å²) in [4.78, 5) is 0. The number of hydrogen-bond acceptors (Lipinski definition) is 2. The summed E-state index contributed by atoms with van der Waals surface area (Å²) in [6.07, 6.45) is -2.46. The summed E-state index contributed by atoms with van der Waals surface area (Å²) in [6, 6.07) is 7.67. The fourth-order valence-corrected chi connectivity index (χ4v) is 2.61. The lowest BCUT2D eigenvalue weighted by molar-refractivity contribution is -0.182. The first kappa shape index (κ1) is 15.0. The van der Waals surface area contributed by atoms with Gasteiger partial charge in [-0.1, -0.05) is 0 Å². The van der Waals surface area contributed by atoms with Crippen LogP contribution in [0, 0.1) is 5.92 Å². The first-order chi connectivity index (χ1) is 9.49. The van der Waals surface area contributed by atoms with Crippen molar-refractivity contribution in [3.05, 3.63) is 24.3 Å². The molecule has 112 valence electrons. The van der Waals surface area contributed by atoms with Crippen LogP contribution in [0.25, 0.3) is 0 Å². The Morgan fingerprint density at radius 2 is 1.70 bits per heavy atom. The smallest absolute Gasteiger partial charge is 0.391 e. The molecular weight excluding hydrogens is 267 g/mol. The highest BCUT2D eigenvalue weighted by Gasteiger charge is 2.41. The molecule has 0 atom stereocenters. The molecule has 5 heteroatoms. The van der Waals surface area contributed by atoms with Crippen LogP contribution < -0.4 is 10.1 Å². The van der Waals surface area contributed by atoms with Gasteiger partial charge in [0.1, 0.15) is 5.75 Å². The van der Waals surface area contributed by atoms with E-state index in [9.17, 15) is 13.2 Å². The van der Waals surface area contributed by atoms with Gasteiger partial charge in [-0.15, -0.1) is 0 Å². The normalized spacial score (nSPS) is 23.4. The standard InChI is InChI=1S/C15H20F3NO/c1-2-20-14-9-7-13(8-10-14)19-12-5-3-11(4-6-12)15(16,17)18/h7-12,19H,2-6H2,1H3. The van der Waals surface area contributed by atoms with Crippen LogP contribution in [0.15, 0.2) is 24.3 Å². The molecule has 0 saturated heterocycles. The number of nitrogens with one attached hydrogen (secondary N) is 1. The molecule has 0 unspecified atom stereocenters. The van der Waals surface area contributed by atoms with E-state index < -0.39 is 12.1 Å². The molecule has 0 spiro atoms. The number of hydrogen-bond donors (Lipinski definition) is 1. The molecule has 1 aromatic rings. The molecule has 0 bridgehead atoms. The van der Waals surface area contributed by atoms with E-state index in [1.807, 2.05) is 31.2 Å². The molecule has 2 rings (SSSR count). The summed E-state index contributed by atoms with van der Waals surface area (Å²) in [5.74, 6) is -0.320. The molecular formula is C15H20F3NO. The minimum Gasteiger partial charge on any atom is -0.494 e. The van der Waals surface area contributed by atoms with E-state index in [2.05, 4.69) is 5.32 Å². The second-order valence-electron chi connectivity index (χ2n) is 5.19. The third-order valence-electron chi connectivity index (χ3n) is 3.73. The quantitative estimate of drug-likeness (QED) is 0.872. The predicted molar refractivity (Wildman–Crippen MR) is 73.0 cm³/mol. The number of anilines is 1. The van der Waals surface area contributed by atoms with Crippen molar-refractivity contribution in [2.75, 3.05) is 11.9 Å². The SMILES string of the molecule is CCOc1ccc(NC2CCC(C(F)(F)F)CC2)cc1. The average molecular weight is 287 g/mol. The summed E-state index contributed by atoms with van der Waals surface area (Å²) >= 11 is 0. The van der Waals surface area contributed by atoms with Crippen molar-refractivity contribution in [1.82, 2.24) is 0 Å². The van der Waals surface area contributed by atoms with Gasteiger partial charge in [-0.05, 0) is 56.9 Å². The Balaban J connectivity index is 1.83. The summed E-state index contributed by atoms with van der Waals surface area (Å²) in [5, 5.41) is 3.30. The third-order valence-corrected chi connectivity index (χ3v) is 3.73. The van der Waals surface area contributed by atoms with Crippen molar-refractivity contribution in [2.45, 2.75) is 44.8 Å². The lowest BCUT2D eigenvalue weighted by atomic mass is 9.85. The minimum absolute atomic E-state index is 0.131. The highest BCUT2D eigenvalue weighted by atomic mass is 19.4. The maximum absolute atomic E-state index is 12.6. The molecule has 20 heavy (non-hydrogen) atoms. The monoisotopic (exact) mass is 287 g/mol. The van der Waals surface area contributed by atoms with E-state index in [0.717, 1.165) is 11.4 Å². The number of alkyl halides is 3. The van der Waals surface area contributed by atoms with Gasteiger partial charge < -0.3 is 10.1 Å². The maximum Gasteiger partial charge on any atom is 0.391 e. The van der Waals surface area contributed by atoms with Crippen molar-refractivity contribution in [1.29, 1.82) is 0 Å². The van der Waals surface area contributed by atoms with E-state index in [4.69, 9.17) is 4.74 Å². The lowest BCUT2D eigenvalue weighted by Gasteiger charge is -2.30. The highest BCUT2D eigenvalue weighted by Crippen LogP contribution is 2.38. The number of rotatable bonds is 4. The van der Waals surface area contributed by atoms with Crippen LogP contribution in [0.5, 0.6) is 5.75 Å². The van der Waals surface area contributed by atoms with E-state index in [1.165, 1.54) is 0 Å².